The topological polar surface area (TPSA) is 0 Å². The molecule has 0 atom stereocenters. The molecule has 0 amide bonds. The molecule has 0 saturated carbocycles. The van der Waals surface area contributed by atoms with E-state index in [1.165, 1.54) is 116 Å². The van der Waals surface area contributed by atoms with E-state index in [1.54, 1.807) is 0 Å². The van der Waals surface area contributed by atoms with E-state index in [0.717, 1.165) is 0 Å². The van der Waals surface area contributed by atoms with Crippen molar-refractivity contribution in [2.75, 3.05) is 0 Å². The van der Waals surface area contributed by atoms with Gasteiger partial charge in [0.15, 0.2) is 0 Å². The average Bonchev–Trinajstić information content (AvgIpc) is 3.78. The lowest BCUT2D eigenvalue weighted by Gasteiger charge is -2.31. The van der Waals surface area contributed by atoms with Gasteiger partial charge in [-0.05, 0) is 130 Å². The fourth-order valence-corrected chi connectivity index (χ4v) is 11.0. The molecule has 0 aromatic heterocycles. The minimum Gasteiger partial charge on any atom is -0.0619 e. The normalized spacial score (nSPS) is 14.7. The van der Waals surface area contributed by atoms with E-state index in [4.69, 9.17) is 0 Å². The maximum absolute atomic E-state index is 2.55. The zero-order valence-electron chi connectivity index (χ0n) is 31.2. The van der Waals surface area contributed by atoms with Crippen molar-refractivity contribution in [1.82, 2.24) is 0 Å². The lowest BCUT2D eigenvalue weighted by molar-refractivity contribution is 0.660. The van der Waals surface area contributed by atoms with Crippen LogP contribution in [0, 0.1) is 6.92 Å². The Balaban J connectivity index is 1.15. The van der Waals surface area contributed by atoms with Crippen molar-refractivity contribution in [1.29, 1.82) is 0 Å². The number of hydrogen-bond donors (Lipinski definition) is 0. The Labute approximate surface area is 322 Å². The van der Waals surface area contributed by atoms with Crippen LogP contribution in [0.1, 0.15) is 52.8 Å². The largest absolute Gasteiger partial charge is 0.0725 e. The van der Waals surface area contributed by atoms with Crippen molar-refractivity contribution in [3.8, 4) is 55.6 Å². The van der Waals surface area contributed by atoms with Gasteiger partial charge in [-0.3, -0.25) is 0 Å². The Kier molecular flexibility index (Phi) is 6.07. The van der Waals surface area contributed by atoms with Crippen molar-refractivity contribution in [3.63, 3.8) is 0 Å². The Morgan fingerprint density at radius 3 is 1.27 bits per heavy atom. The molecule has 3 aliphatic rings. The van der Waals surface area contributed by atoms with Gasteiger partial charge >= 0.3 is 0 Å². The molecule has 0 aliphatic heterocycles. The SMILES string of the molecule is Cc1ccc2c(-c3ccc4c(c3)C3(c5ccccc5-c5ccccc53)c3ccccc3-4)c3ccccc3c(-c3ccc4c(c3)C(C)(C)c3ccccc3-4)c2c1. The molecule has 0 bridgehead atoms. The Morgan fingerprint density at radius 2 is 0.709 bits per heavy atom. The second-order valence-electron chi connectivity index (χ2n) is 16.4. The maximum atomic E-state index is 2.55. The molecule has 0 fully saturated rings. The molecular formula is C55H38. The molecule has 0 nitrogen and oxygen atoms in total. The molecule has 1 spiro atoms. The van der Waals surface area contributed by atoms with Crippen LogP contribution in [0.2, 0.25) is 0 Å². The summed E-state index contributed by atoms with van der Waals surface area (Å²) in [4.78, 5) is 0. The number of rotatable bonds is 2. The third-order valence-corrected chi connectivity index (χ3v) is 13.3. The first-order valence-corrected chi connectivity index (χ1v) is 19.6. The molecule has 0 radical (unpaired) electrons. The van der Waals surface area contributed by atoms with Crippen molar-refractivity contribution < 1.29 is 0 Å². The number of fused-ring (bicyclic) bond motifs is 15. The van der Waals surface area contributed by atoms with E-state index in [-0.39, 0.29) is 10.8 Å². The van der Waals surface area contributed by atoms with Gasteiger partial charge in [0.1, 0.15) is 0 Å². The highest BCUT2D eigenvalue weighted by Gasteiger charge is 2.51. The molecule has 3 aliphatic carbocycles. The molecule has 0 heteroatoms. The van der Waals surface area contributed by atoms with Gasteiger partial charge in [0.2, 0.25) is 0 Å². The molecule has 0 saturated heterocycles. The smallest absolute Gasteiger partial charge is 0.0619 e. The molecule has 9 aromatic carbocycles. The molecule has 0 unspecified atom stereocenters. The van der Waals surface area contributed by atoms with Crippen LogP contribution in [0.3, 0.4) is 0 Å². The van der Waals surface area contributed by atoms with E-state index in [0.29, 0.717) is 0 Å². The van der Waals surface area contributed by atoms with Crippen LogP contribution >= 0.6 is 0 Å². The van der Waals surface area contributed by atoms with Crippen LogP contribution in [0.15, 0.2) is 176 Å². The van der Waals surface area contributed by atoms with E-state index in [1.807, 2.05) is 0 Å². The van der Waals surface area contributed by atoms with Crippen LogP contribution < -0.4 is 0 Å². The summed E-state index contributed by atoms with van der Waals surface area (Å²) in [6, 6.07) is 67.0. The Morgan fingerprint density at radius 1 is 0.309 bits per heavy atom. The van der Waals surface area contributed by atoms with E-state index < -0.39 is 0 Å². The standard InChI is InChI=1S/C55H38/c1-33-24-27-44-45(30-33)53(34-25-28-40-36-14-6-10-20-46(36)54(2,3)50(40)31-34)43-19-5-4-18-42(43)52(44)35-26-29-41-39-17-9-13-23-49(39)55(51(41)32-35)47-21-11-7-15-37(47)38-16-8-12-22-48(38)55/h4-32H,1-3H3. The summed E-state index contributed by atoms with van der Waals surface area (Å²) in [5.41, 5.74) is 22.3. The lowest BCUT2D eigenvalue weighted by atomic mass is 9.70. The molecule has 12 rings (SSSR count). The van der Waals surface area contributed by atoms with Gasteiger partial charge in [-0.1, -0.05) is 183 Å². The average molecular weight is 699 g/mol. The highest BCUT2D eigenvalue weighted by molar-refractivity contribution is 6.22. The quantitative estimate of drug-likeness (QED) is 0.158. The first-order chi connectivity index (χ1) is 27.0. The summed E-state index contributed by atoms with van der Waals surface area (Å²) in [5, 5.41) is 5.17. The van der Waals surface area contributed by atoms with Crippen LogP contribution in [-0.2, 0) is 10.8 Å². The molecular weight excluding hydrogens is 661 g/mol. The highest BCUT2D eigenvalue weighted by Crippen LogP contribution is 2.63. The molecule has 0 heterocycles. The van der Waals surface area contributed by atoms with Gasteiger partial charge < -0.3 is 0 Å². The summed E-state index contributed by atoms with van der Waals surface area (Å²) in [7, 11) is 0. The maximum Gasteiger partial charge on any atom is 0.0725 e. The van der Waals surface area contributed by atoms with E-state index >= 15 is 0 Å². The van der Waals surface area contributed by atoms with Gasteiger partial charge in [0, 0.05) is 5.41 Å². The summed E-state index contributed by atoms with van der Waals surface area (Å²) >= 11 is 0. The molecule has 0 N–H and O–H groups in total. The second-order valence-corrected chi connectivity index (χ2v) is 16.4. The lowest BCUT2D eigenvalue weighted by Crippen LogP contribution is -2.25. The third-order valence-electron chi connectivity index (χ3n) is 13.3. The Bertz CT molecular complexity index is 3070. The molecule has 258 valence electrons. The van der Waals surface area contributed by atoms with Gasteiger partial charge in [-0.15, -0.1) is 0 Å². The number of hydrogen-bond acceptors (Lipinski definition) is 0. The monoisotopic (exact) mass is 698 g/mol. The number of aryl methyl sites for hydroxylation is 1. The minimum absolute atomic E-state index is 0.0706. The van der Waals surface area contributed by atoms with Crippen LogP contribution in [0.4, 0.5) is 0 Å². The van der Waals surface area contributed by atoms with Crippen LogP contribution in [0.25, 0.3) is 77.2 Å². The van der Waals surface area contributed by atoms with Gasteiger partial charge in [0.05, 0.1) is 5.41 Å². The summed E-state index contributed by atoms with van der Waals surface area (Å²) < 4.78 is 0. The van der Waals surface area contributed by atoms with Gasteiger partial charge in [0.25, 0.3) is 0 Å². The zero-order chi connectivity index (χ0) is 36.6. The summed E-state index contributed by atoms with van der Waals surface area (Å²) in [6.07, 6.45) is 0. The molecule has 9 aromatic rings. The van der Waals surface area contributed by atoms with Crippen molar-refractivity contribution in [2.24, 2.45) is 0 Å². The minimum atomic E-state index is -0.383. The van der Waals surface area contributed by atoms with Crippen molar-refractivity contribution in [3.05, 3.63) is 215 Å². The summed E-state index contributed by atoms with van der Waals surface area (Å²) in [6.45, 7) is 6.99. The second kappa shape index (κ2) is 10.8. The van der Waals surface area contributed by atoms with Crippen molar-refractivity contribution >= 4 is 21.5 Å². The van der Waals surface area contributed by atoms with Crippen LogP contribution in [0.5, 0.6) is 0 Å². The first-order valence-electron chi connectivity index (χ1n) is 19.6. The van der Waals surface area contributed by atoms with E-state index in [9.17, 15) is 0 Å². The number of benzene rings is 9. The van der Waals surface area contributed by atoms with Crippen molar-refractivity contribution in [2.45, 2.75) is 31.6 Å². The first kappa shape index (κ1) is 30.9. The fraction of sp³-hybridized carbons (Fsp3) is 0.0909. The zero-order valence-corrected chi connectivity index (χ0v) is 31.2. The Hall–Kier alpha value is -6.50. The van der Waals surface area contributed by atoms with Crippen LogP contribution in [-0.4, -0.2) is 0 Å². The predicted molar refractivity (Wildman–Crippen MR) is 231 cm³/mol. The fourth-order valence-electron chi connectivity index (χ4n) is 11.0. The van der Waals surface area contributed by atoms with Gasteiger partial charge in [-0.25, -0.2) is 0 Å². The predicted octanol–water partition coefficient (Wildman–Crippen LogP) is 14.3. The molecule has 55 heavy (non-hydrogen) atoms. The van der Waals surface area contributed by atoms with Gasteiger partial charge in [-0.2, -0.15) is 0 Å². The highest BCUT2D eigenvalue weighted by atomic mass is 14.5. The third kappa shape index (κ3) is 3.87. The van der Waals surface area contributed by atoms with E-state index in [2.05, 4.69) is 197 Å². The summed E-state index contributed by atoms with van der Waals surface area (Å²) in [5.74, 6) is 0.